The van der Waals surface area contributed by atoms with E-state index in [0.29, 0.717) is 12.4 Å². The Hall–Kier alpha value is -1.52. The molecule has 112 valence electrons. The Kier molecular flexibility index (Phi) is 5.65. The van der Waals surface area contributed by atoms with Crippen molar-refractivity contribution in [1.82, 2.24) is 0 Å². The van der Waals surface area contributed by atoms with Crippen molar-refractivity contribution in [3.63, 3.8) is 0 Å². The molecule has 1 atom stereocenters. The normalized spacial score (nSPS) is 12.0. The average molecular weight is 351 g/mol. The van der Waals surface area contributed by atoms with Gasteiger partial charge in [0, 0.05) is 10.0 Å². The van der Waals surface area contributed by atoms with Gasteiger partial charge >= 0.3 is 0 Å². The molecule has 0 amide bonds. The highest BCUT2D eigenvalue weighted by molar-refractivity contribution is 9.10. The summed E-state index contributed by atoms with van der Waals surface area (Å²) in [5.74, 6) is 1.47. The largest absolute Gasteiger partial charge is 0.496 e. The number of aliphatic hydroxyl groups excluding tert-OH is 1. The van der Waals surface area contributed by atoms with E-state index in [1.54, 1.807) is 7.11 Å². The predicted molar refractivity (Wildman–Crippen MR) is 87.0 cm³/mol. The number of ether oxygens (including phenoxy) is 2. The summed E-state index contributed by atoms with van der Waals surface area (Å²) in [5, 5.41) is 10.5. The summed E-state index contributed by atoms with van der Waals surface area (Å²) in [6.07, 6.45) is 0.244. The maximum absolute atomic E-state index is 10.5. The van der Waals surface area contributed by atoms with Crippen molar-refractivity contribution in [2.24, 2.45) is 0 Å². The van der Waals surface area contributed by atoms with Crippen LogP contribution in [0.15, 0.2) is 46.9 Å². The molecular formula is C17H19BrO3. The van der Waals surface area contributed by atoms with Crippen LogP contribution < -0.4 is 9.47 Å². The standard InChI is InChI=1S/C17H19BrO3/c1-3-10-21-14-7-4-12(5-8-14)17(19)15-9-6-13(18)11-16(15)20-2/h4-9,11,17,19H,3,10H2,1-2H3. The van der Waals surface area contributed by atoms with Crippen LogP contribution in [0.2, 0.25) is 0 Å². The van der Waals surface area contributed by atoms with Crippen LogP contribution in [0.5, 0.6) is 11.5 Å². The molecule has 1 N–H and O–H groups in total. The van der Waals surface area contributed by atoms with Gasteiger partial charge in [0.2, 0.25) is 0 Å². The van der Waals surface area contributed by atoms with Crippen LogP contribution in [-0.2, 0) is 0 Å². The maximum atomic E-state index is 10.5. The smallest absolute Gasteiger partial charge is 0.126 e. The van der Waals surface area contributed by atoms with Gasteiger partial charge in [-0.1, -0.05) is 41.1 Å². The zero-order valence-corrected chi connectivity index (χ0v) is 13.8. The van der Waals surface area contributed by atoms with E-state index in [-0.39, 0.29) is 0 Å². The third-order valence-electron chi connectivity index (χ3n) is 3.16. The van der Waals surface area contributed by atoms with Gasteiger partial charge in [-0.05, 0) is 36.2 Å². The van der Waals surface area contributed by atoms with Crippen LogP contribution in [0.3, 0.4) is 0 Å². The quantitative estimate of drug-likeness (QED) is 0.842. The number of benzene rings is 2. The van der Waals surface area contributed by atoms with Gasteiger partial charge in [0.05, 0.1) is 13.7 Å². The first-order valence-corrected chi connectivity index (χ1v) is 7.69. The van der Waals surface area contributed by atoms with Crippen molar-refractivity contribution in [2.45, 2.75) is 19.4 Å². The lowest BCUT2D eigenvalue weighted by atomic mass is 10.0. The van der Waals surface area contributed by atoms with Crippen LogP contribution in [0, 0.1) is 0 Å². The molecule has 0 saturated carbocycles. The second kappa shape index (κ2) is 7.48. The van der Waals surface area contributed by atoms with Gasteiger partial charge in [-0.3, -0.25) is 0 Å². The van der Waals surface area contributed by atoms with Gasteiger partial charge < -0.3 is 14.6 Å². The van der Waals surface area contributed by atoms with E-state index in [4.69, 9.17) is 9.47 Å². The Balaban J connectivity index is 2.21. The third-order valence-corrected chi connectivity index (χ3v) is 3.65. The van der Waals surface area contributed by atoms with Gasteiger partial charge in [0.15, 0.2) is 0 Å². The van der Waals surface area contributed by atoms with Crippen molar-refractivity contribution >= 4 is 15.9 Å². The van der Waals surface area contributed by atoms with Crippen LogP contribution in [0.1, 0.15) is 30.6 Å². The number of rotatable bonds is 6. The van der Waals surface area contributed by atoms with E-state index in [0.717, 1.165) is 27.8 Å². The van der Waals surface area contributed by atoms with Gasteiger partial charge in [-0.15, -0.1) is 0 Å². The number of hydrogen-bond donors (Lipinski definition) is 1. The molecule has 1 unspecified atom stereocenters. The van der Waals surface area contributed by atoms with E-state index < -0.39 is 6.10 Å². The maximum Gasteiger partial charge on any atom is 0.126 e. The van der Waals surface area contributed by atoms with E-state index in [2.05, 4.69) is 22.9 Å². The summed E-state index contributed by atoms with van der Waals surface area (Å²) in [4.78, 5) is 0. The lowest BCUT2D eigenvalue weighted by molar-refractivity contribution is 0.214. The SMILES string of the molecule is CCCOc1ccc(C(O)c2ccc(Br)cc2OC)cc1. The highest BCUT2D eigenvalue weighted by atomic mass is 79.9. The van der Waals surface area contributed by atoms with E-state index >= 15 is 0 Å². The molecule has 0 heterocycles. The molecule has 4 heteroatoms. The van der Waals surface area contributed by atoms with Gasteiger partial charge in [-0.2, -0.15) is 0 Å². The summed E-state index contributed by atoms with van der Waals surface area (Å²) in [6, 6.07) is 13.1. The number of aliphatic hydroxyl groups is 1. The lowest BCUT2D eigenvalue weighted by Crippen LogP contribution is -2.03. The molecule has 0 aliphatic carbocycles. The fourth-order valence-corrected chi connectivity index (χ4v) is 2.40. The van der Waals surface area contributed by atoms with E-state index in [1.807, 2.05) is 42.5 Å². The number of hydrogen-bond acceptors (Lipinski definition) is 3. The molecule has 0 saturated heterocycles. The van der Waals surface area contributed by atoms with Crippen molar-refractivity contribution in [3.05, 3.63) is 58.1 Å². The summed E-state index contributed by atoms with van der Waals surface area (Å²) in [7, 11) is 1.60. The summed E-state index contributed by atoms with van der Waals surface area (Å²) in [5.41, 5.74) is 1.54. The Labute approximate surface area is 133 Å². The van der Waals surface area contributed by atoms with Crippen molar-refractivity contribution in [1.29, 1.82) is 0 Å². The molecule has 0 aliphatic heterocycles. The average Bonchev–Trinajstić information content (AvgIpc) is 2.52. The second-order valence-electron chi connectivity index (χ2n) is 4.71. The van der Waals surface area contributed by atoms with Crippen LogP contribution >= 0.6 is 15.9 Å². The first-order chi connectivity index (χ1) is 10.2. The lowest BCUT2D eigenvalue weighted by Gasteiger charge is -2.16. The van der Waals surface area contributed by atoms with Gasteiger partial charge in [0.25, 0.3) is 0 Å². The first-order valence-electron chi connectivity index (χ1n) is 6.90. The number of halogens is 1. The minimum atomic E-state index is -0.728. The Morgan fingerprint density at radius 3 is 2.48 bits per heavy atom. The predicted octanol–water partition coefficient (Wildman–Crippen LogP) is 4.33. The fourth-order valence-electron chi connectivity index (χ4n) is 2.06. The molecule has 2 aromatic rings. The molecule has 0 fully saturated rings. The molecule has 0 radical (unpaired) electrons. The zero-order chi connectivity index (χ0) is 15.2. The van der Waals surface area contributed by atoms with Crippen molar-refractivity contribution in [2.75, 3.05) is 13.7 Å². The van der Waals surface area contributed by atoms with E-state index in [1.165, 1.54) is 0 Å². The fraction of sp³-hybridized carbons (Fsp3) is 0.294. The first kappa shape index (κ1) is 15.9. The van der Waals surface area contributed by atoms with Crippen LogP contribution in [-0.4, -0.2) is 18.8 Å². The van der Waals surface area contributed by atoms with Crippen molar-refractivity contribution in [3.8, 4) is 11.5 Å². The minimum absolute atomic E-state index is 0.656. The molecule has 0 aliphatic rings. The summed E-state index contributed by atoms with van der Waals surface area (Å²) in [6.45, 7) is 2.76. The van der Waals surface area contributed by atoms with Crippen molar-refractivity contribution < 1.29 is 14.6 Å². The van der Waals surface area contributed by atoms with Gasteiger partial charge in [0.1, 0.15) is 17.6 Å². The topological polar surface area (TPSA) is 38.7 Å². The number of methoxy groups -OCH3 is 1. The molecule has 2 aromatic carbocycles. The highest BCUT2D eigenvalue weighted by Crippen LogP contribution is 2.32. The molecule has 3 nitrogen and oxygen atoms in total. The monoisotopic (exact) mass is 350 g/mol. The molecule has 0 spiro atoms. The Bertz CT molecular complexity index is 581. The molecule has 0 bridgehead atoms. The second-order valence-corrected chi connectivity index (χ2v) is 5.62. The summed E-state index contributed by atoms with van der Waals surface area (Å²) >= 11 is 3.40. The Morgan fingerprint density at radius 1 is 1.14 bits per heavy atom. The molecular weight excluding hydrogens is 332 g/mol. The molecule has 2 rings (SSSR count). The zero-order valence-electron chi connectivity index (χ0n) is 12.2. The molecule has 21 heavy (non-hydrogen) atoms. The third kappa shape index (κ3) is 3.99. The van der Waals surface area contributed by atoms with E-state index in [9.17, 15) is 5.11 Å². The van der Waals surface area contributed by atoms with Crippen LogP contribution in [0.25, 0.3) is 0 Å². The Morgan fingerprint density at radius 2 is 1.86 bits per heavy atom. The highest BCUT2D eigenvalue weighted by Gasteiger charge is 2.15. The van der Waals surface area contributed by atoms with Gasteiger partial charge in [-0.25, -0.2) is 0 Å². The minimum Gasteiger partial charge on any atom is -0.496 e. The van der Waals surface area contributed by atoms with Crippen LogP contribution in [0.4, 0.5) is 0 Å². The summed E-state index contributed by atoms with van der Waals surface area (Å²) < 4.78 is 11.8. The molecule has 0 aromatic heterocycles.